The number of rotatable bonds is 3. The van der Waals surface area contributed by atoms with E-state index in [0.717, 1.165) is 25.7 Å². The van der Waals surface area contributed by atoms with Crippen molar-refractivity contribution in [3.63, 3.8) is 0 Å². The van der Waals surface area contributed by atoms with Crippen LogP contribution in [-0.4, -0.2) is 23.9 Å². The molecule has 1 aliphatic carbocycles. The molecule has 1 saturated carbocycles. The number of hydrogen-bond acceptors (Lipinski definition) is 2. The van der Waals surface area contributed by atoms with E-state index in [1.807, 2.05) is 0 Å². The van der Waals surface area contributed by atoms with Gasteiger partial charge in [-0.25, -0.2) is 0 Å². The number of ether oxygens (including phenoxy) is 1. The number of hydrogen-bond donors (Lipinski definition) is 1. The zero-order valence-corrected chi connectivity index (χ0v) is 8.59. The molecule has 1 rings (SSSR count). The van der Waals surface area contributed by atoms with Gasteiger partial charge in [0.05, 0.1) is 13.2 Å². The summed E-state index contributed by atoms with van der Waals surface area (Å²) in [6.07, 6.45) is 7.15. The van der Waals surface area contributed by atoms with Crippen molar-refractivity contribution in [3.8, 4) is 11.8 Å². The van der Waals surface area contributed by atoms with Gasteiger partial charge in [-0.3, -0.25) is 0 Å². The first-order valence-corrected chi connectivity index (χ1v) is 5.21. The highest BCUT2D eigenvalue weighted by Gasteiger charge is 2.30. The first-order chi connectivity index (χ1) is 6.83. The lowest BCUT2D eigenvalue weighted by Gasteiger charge is -2.32. The van der Waals surface area contributed by atoms with Crippen LogP contribution >= 0.6 is 0 Å². The van der Waals surface area contributed by atoms with Gasteiger partial charge in [0.25, 0.3) is 0 Å². The molecule has 0 aromatic carbocycles. The first-order valence-electron chi connectivity index (χ1n) is 5.21. The van der Waals surface area contributed by atoms with Crippen LogP contribution in [0.1, 0.15) is 32.1 Å². The molecule has 0 heterocycles. The van der Waals surface area contributed by atoms with Gasteiger partial charge in [-0.1, -0.05) is 24.8 Å². The van der Waals surface area contributed by atoms with Crippen molar-refractivity contribution >= 4 is 0 Å². The Morgan fingerprint density at radius 3 is 2.64 bits per heavy atom. The molecule has 78 valence electrons. The van der Waals surface area contributed by atoms with Gasteiger partial charge >= 0.3 is 0 Å². The van der Waals surface area contributed by atoms with Crippen LogP contribution in [0.2, 0.25) is 0 Å². The minimum Gasteiger partial charge on any atom is -0.394 e. The van der Waals surface area contributed by atoms with Gasteiger partial charge in [-0.2, -0.15) is 0 Å². The summed E-state index contributed by atoms with van der Waals surface area (Å²) in [4.78, 5) is 0. The van der Waals surface area contributed by atoms with Gasteiger partial charge in [-0.15, -0.1) is 0 Å². The van der Waals surface area contributed by atoms with E-state index in [0.29, 0.717) is 6.61 Å². The number of allylic oxidation sites excluding steroid dienone is 1. The highest BCUT2D eigenvalue weighted by molar-refractivity contribution is 5.21. The van der Waals surface area contributed by atoms with Crippen molar-refractivity contribution in [2.45, 2.75) is 37.7 Å². The smallest absolute Gasteiger partial charge is 0.129 e. The molecule has 0 aromatic heterocycles. The third kappa shape index (κ3) is 3.17. The number of aliphatic hydroxyl groups is 1. The zero-order chi connectivity index (χ0) is 10.3. The van der Waals surface area contributed by atoms with Gasteiger partial charge in [0.15, 0.2) is 0 Å². The van der Waals surface area contributed by atoms with Crippen molar-refractivity contribution < 1.29 is 9.84 Å². The predicted molar refractivity (Wildman–Crippen MR) is 56.8 cm³/mol. The molecule has 0 saturated heterocycles. The standard InChI is InChI=1S/C12H18O2/c1-2-3-7-12(14-11-10-13)8-5-4-6-9-12/h2,13H,1,4-6,8-11H2. The minimum absolute atomic E-state index is 0.0670. The fourth-order valence-corrected chi connectivity index (χ4v) is 1.85. The fraction of sp³-hybridized carbons (Fsp3) is 0.667. The molecule has 0 spiro atoms. The summed E-state index contributed by atoms with van der Waals surface area (Å²) in [7, 11) is 0. The Balaban J connectivity index is 2.61. The van der Waals surface area contributed by atoms with Crippen molar-refractivity contribution in [1.29, 1.82) is 0 Å². The lowest BCUT2D eigenvalue weighted by Crippen LogP contribution is -2.34. The van der Waals surface area contributed by atoms with E-state index < -0.39 is 0 Å². The maximum Gasteiger partial charge on any atom is 0.129 e. The Hall–Kier alpha value is -0.780. The predicted octanol–water partition coefficient (Wildman–Crippen LogP) is 1.89. The zero-order valence-electron chi connectivity index (χ0n) is 8.59. The van der Waals surface area contributed by atoms with E-state index in [1.165, 1.54) is 6.42 Å². The van der Waals surface area contributed by atoms with E-state index in [1.54, 1.807) is 6.08 Å². The van der Waals surface area contributed by atoms with Gasteiger partial charge in [0, 0.05) is 0 Å². The van der Waals surface area contributed by atoms with Crippen LogP contribution in [0.5, 0.6) is 0 Å². The van der Waals surface area contributed by atoms with Crippen molar-refractivity contribution in [3.05, 3.63) is 12.7 Å². The maximum absolute atomic E-state index is 8.74. The van der Waals surface area contributed by atoms with E-state index >= 15 is 0 Å². The molecular formula is C12H18O2. The van der Waals surface area contributed by atoms with Crippen LogP contribution < -0.4 is 0 Å². The lowest BCUT2D eigenvalue weighted by molar-refractivity contribution is -0.0396. The first kappa shape index (κ1) is 11.3. The highest BCUT2D eigenvalue weighted by Crippen LogP contribution is 2.30. The molecule has 2 heteroatoms. The summed E-state index contributed by atoms with van der Waals surface area (Å²) < 4.78 is 5.65. The SMILES string of the molecule is C=CC#CC1(OCCO)CCCCC1. The van der Waals surface area contributed by atoms with Crippen molar-refractivity contribution in [1.82, 2.24) is 0 Å². The Labute approximate surface area is 86.0 Å². The van der Waals surface area contributed by atoms with E-state index in [2.05, 4.69) is 18.4 Å². The second-order valence-electron chi connectivity index (χ2n) is 3.60. The molecule has 0 aromatic rings. The Morgan fingerprint density at radius 1 is 1.36 bits per heavy atom. The molecule has 0 radical (unpaired) electrons. The van der Waals surface area contributed by atoms with Crippen LogP contribution in [0.3, 0.4) is 0 Å². The third-order valence-corrected chi connectivity index (χ3v) is 2.53. The maximum atomic E-state index is 8.74. The molecule has 2 nitrogen and oxygen atoms in total. The van der Waals surface area contributed by atoms with Crippen molar-refractivity contribution in [2.24, 2.45) is 0 Å². The minimum atomic E-state index is -0.310. The Bertz CT molecular complexity index is 228. The van der Waals surface area contributed by atoms with Crippen LogP contribution in [0.25, 0.3) is 0 Å². The molecule has 1 aliphatic rings. The van der Waals surface area contributed by atoms with Gasteiger partial charge in [-0.05, 0) is 31.8 Å². The Kier molecular flexibility index (Phi) is 4.72. The quantitative estimate of drug-likeness (QED) is 0.695. The summed E-state index contributed by atoms with van der Waals surface area (Å²) in [6.45, 7) is 4.03. The molecular weight excluding hydrogens is 176 g/mol. The molecule has 0 bridgehead atoms. The van der Waals surface area contributed by atoms with E-state index in [-0.39, 0.29) is 12.2 Å². The molecule has 0 amide bonds. The van der Waals surface area contributed by atoms with Crippen LogP contribution in [-0.2, 0) is 4.74 Å². The van der Waals surface area contributed by atoms with Crippen LogP contribution in [0.15, 0.2) is 12.7 Å². The summed E-state index contributed by atoms with van der Waals surface area (Å²) >= 11 is 0. The highest BCUT2D eigenvalue weighted by atomic mass is 16.5. The molecule has 0 atom stereocenters. The third-order valence-electron chi connectivity index (χ3n) is 2.53. The van der Waals surface area contributed by atoms with Crippen LogP contribution in [0.4, 0.5) is 0 Å². The molecule has 0 aliphatic heterocycles. The van der Waals surface area contributed by atoms with Crippen molar-refractivity contribution in [2.75, 3.05) is 13.2 Å². The average molecular weight is 194 g/mol. The second kappa shape index (κ2) is 5.85. The fourth-order valence-electron chi connectivity index (χ4n) is 1.85. The second-order valence-corrected chi connectivity index (χ2v) is 3.60. The van der Waals surface area contributed by atoms with Gasteiger partial charge in [0.2, 0.25) is 0 Å². The normalized spacial score (nSPS) is 19.5. The van der Waals surface area contributed by atoms with Crippen LogP contribution in [0, 0.1) is 11.8 Å². The molecule has 1 N–H and O–H groups in total. The topological polar surface area (TPSA) is 29.5 Å². The summed E-state index contributed by atoms with van der Waals surface area (Å²) in [5, 5.41) is 8.74. The Morgan fingerprint density at radius 2 is 2.07 bits per heavy atom. The monoisotopic (exact) mass is 194 g/mol. The lowest BCUT2D eigenvalue weighted by atomic mass is 9.85. The molecule has 14 heavy (non-hydrogen) atoms. The van der Waals surface area contributed by atoms with Gasteiger partial charge < -0.3 is 9.84 Å². The molecule has 1 fully saturated rings. The van der Waals surface area contributed by atoms with Gasteiger partial charge in [0.1, 0.15) is 5.60 Å². The summed E-state index contributed by atoms with van der Waals surface area (Å²) in [5.74, 6) is 5.99. The molecule has 0 unspecified atom stereocenters. The van der Waals surface area contributed by atoms with E-state index in [4.69, 9.17) is 9.84 Å². The number of aliphatic hydroxyl groups excluding tert-OH is 1. The largest absolute Gasteiger partial charge is 0.394 e. The summed E-state index contributed by atoms with van der Waals surface area (Å²) in [6, 6.07) is 0. The summed E-state index contributed by atoms with van der Waals surface area (Å²) in [5.41, 5.74) is -0.310. The van der Waals surface area contributed by atoms with E-state index in [9.17, 15) is 0 Å². The average Bonchev–Trinajstić information content (AvgIpc) is 2.25.